The predicted molar refractivity (Wildman–Crippen MR) is 77.9 cm³/mol. The van der Waals surface area contributed by atoms with Crippen LogP contribution in [0.5, 0.6) is 0 Å². The minimum absolute atomic E-state index is 0.234. The van der Waals surface area contributed by atoms with Crippen LogP contribution in [0.3, 0.4) is 0 Å². The van der Waals surface area contributed by atoms with Gasteiger partial charge in [0.1, 0.15) is 5.92 Å². The molecule has 0 radical (unpaired) electrons. The summed E-state index contributed by atoms with van der Waals surface area (Å²) in [6.45, 7) is 2.46. The largest absolute Gasteiger partial charge is 0.407 e. The monoisotopic (exact) mass is 265 g/mol. The summed E-state index contributed by atoms with van der Waals surface area (Å²) in [5.74, 6) is -0.121. The minimum Gasteiger partial charge on any atom is -0.407 e. The molecule has 1 aliphatic heterocycles. The van der Waals surface area contributed by atoms with E-state index in [2.05, 4.69) is 4.99 Å². The summed E-state index contributed by atoms with van der Waals surface area (Å²) < 4.78 is 5.38. The number of rotatable bonds is 2. The number of nitrogens with zero attached hydrogens (tertiary/aromatic N) is 1. The van der Waals surface area contributed by atoms with E-state index in [-0.39, 0.29) is 11.9 Å². The summed E-state index contributed by atoms with van der Waals surface area (Å²) in [7, 11) is 0. The fraction of sp³-hybridized carbons (Fsp3) is 0.176. The Hall–Kier alpha value is -2.42. The average Bonchev–Trinajstić information content (AvgIpc) is 2.49. The first kappa shape index (κ1) is 12.6. The van der Waals surface area contributed by atoms with Gasteiger partial charge in [0.2, 0.25) is 5.90 Å². The second-order valence-corrected chi connectivity index (χ2v) is 4.90. The number of hydrogen-bond acceptors (Lipinski definition) is 3. The summed E-state index contributed by atoms with van der Waals surface area (Å²) >= 11 is 0. The van der Waals surface area contributed by atoms with Gasteiger partial charge < -0.3 is 4.74 Å². The Morgan fingerprint density at radius 2 is 1.75 bits per heavy atom. The van der Waals surface area contributed by atoms with Gasteiger partial charge in [-0.25, -0.2) is 4.99 Å². The van der Waals surface area contributed by atoms with Gasteiger partial charge in [0, 0.05) is 5.56 Å². The Bertz CT molecular complexity index is 644. The quantitative estimate of drug-likeness (QED) is 0.783. The molecule has 0 saturated carbocycles. The molecule has 0 aliphatic carbocycles. The highest BCUT2D eigenvalue weighted by atomic mass is 16.5. The second kappa shape index (κ2) is 5.29. The first-order valence-corrected chi connectivity index (χ1v) is 6.62. The van der Waals surface area contributed by atoms with E-state index in [4.69, 9.17) is 4.74 Å². The zero-order chi connectivity index (χ0) is 13.9. The molecule has 0 N–H and O–H groups in total. The molecule has 0 amide bonds. The van der Waals surface area contributed by atoms with Gasteiger partial charge in [0.25, 0.3) is 0 Å². The zero-order valence-electron chi connectivity index (χ0n) is 11.2. The van der Waals surface area contributed by atoms with Crippen LogP contribution in [0.4, 0.5) is 0 Å². The van der Waals surface area contributed by atoms with Crippen LogP contribution in [0.2, 0.25) is 0 Å². The molecular weight excluding hydrogens is 250 g/mol. The van der Waals surface area contributed by atoms with Gasteiger partial charge in [-0.1, -0.05) is 48.0 Å². The maximum atomic E-state index is 12.2. The summed E-state index contributed by atoms with van der Waals surface area (Å²) in [4.78, 5) is 16.6. The Morgan fingerprint density at radius 3 is 2.40 bits per heavy atom. The van der Waals surface area contributed by atoms with Crippen molar-refractivity contribution in [1.29, 1.82) is 0 Å². The van der Waals surface area contributed by atoms with Gasteiger partial charge in [-0.2, -0.15) is 0 Å². The van der Waals surface area contributed by atoms with Gasteiger partial charge >= 0.3 is 5.97 Å². The van der Waals surface area contributed by atoms with Crippen LogP contribution in [-0.4, -0.2) is 18.4 Å². The summed E-state index contributed by atoms with van der Waals surface area (Å²) in [5, 5.41) is 0. The van der Waals surface area contributed by atoms with Crippen LogP contribution >= 0.6 is 0 Å². The molecule has 20 heavy (non-hydrogen) atoms. The number of carbonyl (C=O) groups is 1. The third-order valence-electron chi connectivity index (χ3n) is 3.40. The van der Waals surface area contributed by atoms with Gasteiger partial charge in [-0.05, 0) is 24.6 Å². The molecule has 3 rings (SSSR count). The summed E-state index contributed by atoms with van der Waals surface area (Å²) in [5.41, 5.74) is 2.96. The lowest BCUT2D eigenvalue weighted by molar-refractivity contribution is -0.137. The van der Waals surface area contributed by atoms with Gasteiger partial charge in [0.05, 0.1) is 6.54 Å². The summed E-state index contributed by atoms with van der Waals surface area (Å²) in [6.07, 6.45) is 0. The molecule has 1 aliphatic rings. The Kier molecular flexibility index (Phi) is 3.33. The van der Waals surface area contributed by atoms with Crippen LogP contribution in [0.15, 0.2) is 59.6 Å². The minimum atomic E-state index is -0.303. The Labute approximate surface area is 117 Å². The fourth-order valence-electron chi connectivity index (χ4n) is 2.22. The smallest absolute Gasteiger partial charge is 0.322 e. The van der Waals surface area contributed by atoms with Crippen LogP contribution < -0.4 is 0 Å². The topological polar surface area (TPSA) is 38.7 Å². The lowest BCUT2D eigenvalue weighted by Gasteiger charge is -2.20. The van der Waals surface area contributed by atoms with Crippen LogP contribution in [0.1, 0.15) is 22.6 Å². The molecule has 3 nitrogen and oxygen atoms in total. The predicted octanol–water partition coefficient (Wildman–Crippen LogP) is 3.08. The number of carbonyl (C=O) groups excluding carboxylic acids is 1. The van der Waals surface area contributed by atoms with Crippen molar-refractivity contribution >= 4 is 11.9 Å². The SMILES string of the molecule is Cc1ccc([C@H]2CN=C(c3ccccc3)OC2=O)cc1. The number of benzene rings is 2. The molecule has 2 aromatic rings. The van der Waals surface area contributed by atoms with Crippen molar-refractivity contribution in [2.75, 3.05) is 6.54 Å². The lowest BCUT2D eigenvalue weighted by Crippen LogP contribution is -2.28. The maximum absolute atomic E-state index is 12.2. The molecule has 1 atom stereocenters. The van der Waals surface area contributed by atoms with Crippen LogP contribution in [-0.2, 0) is 9.53 Å². The number of cyclic esters (lactones) is 1. The number of ether oxygens (including phenoxy) is 1. The van der Waals surface area contributed by atoms with E-state index in [0.717, 1.165) is 11.1 Å². The van der Waals surface area contributed by atoms with Crippen molar-refractivity contribution in [2.45, 2.75) is 12.8 Å². The van der Waals surface area contributed by atoms with Crippen molar-refractivity contribution < 1.29 is 9.53 Å². The van der Waals surface area contributed by atoms with Gasteiger partial charge in [0.15, 0.2) is 0 Å². The molecule has 1 heterocycles. The van der Waals surface area contributed by atoms with Crippen LogP contribution in [0.25, 0.3) is 0 Å². The molecule has 0 spiro atoms. The normalized spacial score (nSPS) is 18.4. The molecule has 0 saturated heterocycles. The molecule has 0 bridgehead atoms. The molecule has 3 heteroatoms. The van der Waals surface area contributed by atoms with Crippen molar-refractivity contribution in [3.63, 3.8) is 0 Å². The summed E-state index contributed by atoms with van der Waals surface area (Å²) in [6, 6.07) is 17.4. The first-order valence-electron chi connectivity index (χ1n) is 6.62. The van der Waals surface area contributed by atoms with Gasteiger partial charge in [-0.3, -0.25) is 4.79 Å². The van der Waals surface area contributed by atoms with E-state index in [1.54, 1.807) is 0 Å². The first-order chi connectivity index (χ1) is 9.74. The van der Waals surface area contributed by atoms with E-state index in [9.17, 15) is 4.79 Å². The molecule has 0 aromatic heterocycles. The van der Waals surface area contributed by atoms with E-state index < -0.39 is 0 Å². The molecule has 100 valence electrons. The third kappa shape index (κ3) is 2.48. The Morgan fingerprint density at radius 1 is 1.05 bits per heavy atom. The third-order valence-corrected chi connectivity index (χ3v) is 3.40. The van der Waals surface area contributed by atoms with E-state index in [1.165, 1.54) is 5.56 Å². The highest BCUT2D eigenvalue weighted by molar-refractivity contribution is 6.03. The van der Waals surface area contributed by atoms with Gasteiger partial charge in [-0.15, -0.1) is 0 Å². The van der Waals surface area contributed by atoms with E-state index >= 15 is 0 Å². The number of esters is 1. The standard InChI is InChI=1S/C17H15NO2/c1-12-7-9-13(10-8-12)15-11-18-16(20-17(15)19)14-5-3-2-4-6-14/h2-10,15H,11H2,1H3/t15-/m1/s1. The molecular formula is C17H15NO2. The highest BCUT2D eigenvalue weighted by Crippen LogP contribution is 2.23. The maximum Gasteiger partial charge on any atom is 0.322 e. The van der Waals surface area contributed by atoms with Crippen molar-refractivity contribution in [2.24, 2.45) is 4.99 Å². The zero-order valence-corrected chi connectivity index (χ0v) is 11.2. The molecule has 0 unspecified atom stereocenters. The van der Waals surface area contributed by atoms with E-state index in [0.29, 0.717) is 12.4 Å². The molecule has 2 aromatic carbocycles. The number of aryl methyl sites for hydroxylation is 1. The number of hydrogen-bond donors (Lipinski definition) is 0. The fourth-order valence-corrected chi connectivity index (χ4v) is 2.22. The Balaban J connectivity index is 1.84. The van der Waals surface area contributed by atoms with Crippen molar-refractivity contribution in [1.82, 2.24) is 0 Å². The molecule has 0 fully saturated rings. The second-order valence-electron chi connectivity index (χ2n) is 4.90. The lowest BCUT2D eigenvalue weighted by atomic mass is 9.97. The number of aliphatic imine (C=N–C) groups is 1. The average molecular weight is 265 g/mol. The highest BCUT2D eigenvalue weighted by Gasteiger charge is 2.28. The van der Waals surface area contributed by atoms with Crippen LogP contribution in [0, 0.1) is 6.92 Å². The van der Waals surface area contributed by atoms with E-state index in [1.807, 2.05) is 61.5 Å². The van der Waals surface area contributed by atoms with Crippen molar-refractivity contribution in [3.05, 3.63) is 71.3 Å². The van der Waals surface area contributed by atoms with Crippen molar-refractivity contribution in [3.8, 4) is 0 Å².